The number of nitrogens with zero attached hydrogens (tertiary/aromatic N) is 1. The number of aryl methyl sites for hydroxylation is 1. The molecular formula is C21H23ClN2O. The van der Waals surface area contributed by atoms with Gasteiger partial charge in [-0.25, -0.2) is 0 Å². The molecule has 25 heavy (non-hydrogen) atoms. The van der Waals surface area contributed by atoms with Gasteiger partial charge >= 0.3 is 0 Å². The molecule has 0 unspecified atom stereocenters. The molecule has 0 radical (unpaired) electrons. The zero-order valence-corrected chi connectivity index (χ0v) is 15.4. The van der Waals surface area contributed by atoms with Crippen LogP contribution in [-0.2, 0) is 20.1 Å². The number of para-hydroxylation sites is 1. The molecule has 1 N–H and O–H groups in total. The van der Waals surface area contributed by atoms with Crippen molar-refractivity contribution in [2.75, 3.05) is 0 Å². The maximum Gasteiger partial charge on any atom is 0.129 e. The van der Waals surface area contributed by atoms with Crippen LogP contribution in [0.1, 0.15) is 31.0 Å². The second-order valence-electron chi connectivity index (χ2n) is 6.27. The molecule has 3 aromatic rings. The molecule has 0 fully saturated rings. The van der Waals surface area contributed by atoms with Gasteiger partial charge in [-0.05, 0) is 42.3 Å². The molecule has 0 saturated carbocycles. The van der Waals surface area contributed by atoms with Crippen LogP contribution in [0.5, 0.6) is 5.75 Å². The molecule has 0 bridgehead atoms. The Morgan fingerprint density at radius 1 is 1.12 bits per heavy atom. The minimum Gasteiger partial charge on any atom is -0.487 e. The molecule has 4 heteroatoms. The van der Waals surface area contributed by atoms with Crippen molar-refractivity contribution in [3.63, 3.8) is 0 Å². The molecule has 0 atom stereocenters. The second kappa shape index (κ2) is 7.75. The number of fused-ring (bicyclic) bond motifs is 1. The summed E-state index contributed by atoms with van der Waals surface area (Å²) >= 11 is 5.94. The van der Waals surface area contributed by atoms with Crippen molar-refractivity contribution < 1.29 is 4.74 Å². The summed E-state index contributed by atoms with van der Waals surface area (Å²) in [5.41, 5.74) is 4.27. The van der Waals surface area contributed by atoms with Gasteiger partial charge in [-0.15, -0.1) is 0 Å². The summed E-state index contributed by atoms with van der Waals surface area (Å²) in [6.07, 6.45) is 2.51. The Morgan fingerprint density at radius 2 is 1.84 bits per heavy atom. The lowest BCUT2D eigenvalue weighted by Crippen LogP contribution is -2.08. The lowest BCUT2D eigenvalue weighted by molar-refractivity contribution is 0.296. The van der Waals surface area contributed by atoms with Gasteiger partial charge < -0.3 is 14.7 Å². The zero-order valence-electron chi connectivity index (χ0n) is 14.7. The fourth-order valence-electron chi connectivity index (χ4n) is 3.19. The predicted molar refractivity (Wildman–Crippen MR) is 105 cm³/mol. The van der Waals surface area contributed by atoms with E-state index < -0.39 is 0 Å². The zero-order chi connectivity index (χ0) is 17.8. The van der Waals surface area contributed by atoms with Crippen LogP contribution in [0.3, 0.4) is 0 Å². The molecular weight excluding hydrogens is 332 g/mol. The number of aromatic nitrogens is 1. The van der Waals surface area contributed by atoms with Crippen LogP contribution >= 0.6 is 11.6 Å². The molecule has 0 aliphatic heterocycles. The minimum atomic E-state index is 0.474. The highest BCUT2D eigenvalue weighted by atomic mass is 35.5. The smallest absolute Gasteiger partial charge is 0.129 e. The first-order chi connectivity index (χ1) is 12.1. The predicted octanol–water partition coefficient (Wildman–Crippen LogP) is 5.77. The number of hydrogen-bond donors (Lipinski definition) is 1. The van der Waals surface area contributed by atoms with Crippen molar-refractivity contribution in [3.8, 4) is 5.75 Å². The molecule has 1 heterocycles. The van der Waals surface area contributed by atoms with Crippen LogP contribution in [0.25, 0.3) is 10.9 Å². The minimum absolute atomic E-state index is 0.474. The third kappa shape index (κ3) is 3.88. The summed E-state index contributed by atoms with van der Waals surface area (Å²) < 4.78 is 8.17. The van der Waals surface area contributed by atoms with Gasteiger partial charge in [0.1, 0.15) is 12.4 Å². The highest BCUT2D eigenvalue weighted by Crippen LogP contribution is 2.28. The summed E-state index contributed by atoms with van der Waals surface area (Å²) in [5.74, 6) is 0.796. The van der Waals surface area contributed by atoms with Crippen molar-refractivity contribution in [2.45, 2.75) is 32.8 Å². The van der Waals surface area contributed by atoms with Crippen molar-refractivity contribution in [2.24, 2.45) is 7.05 Å². The van der Waals surface area contributed by atoms with Crippen molar-refractivity contribution in [1.82, 2.24) is 4.57 Å². The summed E-state index contributed by atoms with van der Waals surface area (Å²) in [6.45, 7) is 2.59. The summed E-state index contributed by atoms with van der Waals surface area (Å²) in [6, 6.07) is 15.8. The molecule has 0 aliphatic rings. The normalized spacial score (nSPS) is 11.0. The average Bonchev–Trinajstić information content (AvgIpc) is 2.87. The van der Waals surface area contributed by atoms with Gasteiger partial charge in [-0.2, -0.15) is 0 Å². The highest BCUT2D eigenvalue weighted by Gasteiger charge is 2.16. The third-order valence-electron chi connectivity index (χ3n) is 4.47. The Labute approximate surface area is 153 Å². The largest absolute Gasteiger partial charge is 0.487 e. The van der Waals surface area contributed by atoms with E-state index in [1.807, 2.05) is 30.3 Å². The maximum absolute atomic E-state index is 8.26. The lowest BCUT2D eigenvalue weighted by atomic mass is 10.0. The van der Waals surface area contributed by atoms with Crippen molar-refractivity contribution >= 4 is 28.2 Å². The van der Waals surface area contributed by atoms with E-state index in [2.05, 4.69) is 36.7 Å². The van der Waals surface area contributed by atoms with Gasteiger partial charge in [0.05, 0.1) is 5.69 Å². The topological polar surface area (TPSA) is 38.0 Å². The van der Waals surface area contributed by atoms with E-state index in [4.69, 9.17) is 21.7 Å². The van der Waals surface area contributed by atoms with E-state index in [0.29, 0.717) is 18.1 Å². The fourth-order valence-corrected chi connectivity index (χ4v) is 3.32. The lowest BCUT2D eigenvalue weighted by Gasteiger charge is -2.11. The second-order valence-corrected chi connectivity index (χ2v) is 6.71. The van der Waals surface area contributed by atoms with E-state index in [1.165, 1.54) is 16.5 Å². The quantitative estimate of drug-likeness (QED) is 0.537. The van der Waals surface area contributed by atoms with Crippen LogP contribution in [0, 0.1) is 5.41 Å². The summed E-state index contributed by atoms with van der Waals surface area (Å²) in [4.78, 5) is 0. The molecule has 0 amide bonds. The number of benzene rings is 2. The van der Waals surface area contributed by atoms with Crippen LogP contribution in [0.15, 0.2) is 48.5 Å². The number of halogens is 1. The molecule has 0 aliphatic carbocycles. The molecule has 3 rings (SSSR count). The monoisotopic (exact) mass is 354 g/mol. The standard InChI is InChI=1S/C21H23ClN2O/c1-3-6-16(23)13-19-18-7-4-5-8-20(18)24(2)21(19)14-25-17-11-9-15(22)10-12-17/h4-5,7-12,23H,3,6,13-14H2,1-2H3. The molecule has 0 saturated heterocycles. The van der Waals surface area contributed by atoms with Crippen LogP contribution in [-0.4, -0.2) is 10.3 Å². The van der Waals surface area contributed by atoms with Crippen molar-refractivity contribution in [1.29, 1.82) is 5.41 Å². The Kier molecular flexibility index (Phi) is 5.44. The van der Waals surface area contributed by atoms with Gasteiger partial charge in [0.25, 0.3) is 0 Å². The van der Waals surface area contributed by atoms with Gasteiger partial charge in [0.2, 0.25) is 0 Å². The maximum atomic E-state index is 8.26. The fraction of sp³-hybridized carbons (Fsp3) is 0.286. The highest BCUT2D eigenvalue weighted by molar-refractivity contribution is 6.30. The van der Waals surface area contributed by atoms with Crippen LogP contribution < -0.4 is 4.74 Å². The Hall–Kier alpha value is -2.26. The van der Waals surface area contributed by atoms with Gasteiger partial charge in [0.15, 0.2) is 0 Å². The van der Waals surface area contributed by atoms with Crippen LogP contribution in [0.4, 0.5) is 0 Å². The third-order valence-corrected chi connectivity index (χ3v) is 4.73. The van der Waals surface area contributed by atoms with Crippen molar-refractivity contribution in [3.05, 3.63) is 64.8 Å². The Morgan fingerprint density at radius 3 is 2.56 bits per heavy atom. The molecule has 3 nitrogen and oxygen atoms in total. The van der Waals surface area contributed by atoms with E-state index in [9.17, 15) is 0 Å². The van der Waals surface area contributed by atoms with E-state index >= 15 is 0 Å². The number of nitrogens with one attached hydrogen (secondary N) is 1. The summed E-state index contributed by atoms with van der Waals surface area (Å²) in [5, 5.41) is 10.2. The van der Waals surface area contributed by atoms with Gasteiger partial charge in [0, 0.05) is 35.1 Å². The number of hydrogen-bond acceptors (Lipinski definition) is 2. The Bertz CT molecular complexity index is 881. The van der Waals surface area contributed by atoms with Crippen LogP contribution in [0.2, 0.25) is 5.02 Å². The Balaban J connectivity index is 1.93. The molecule has 0 spiro atoms. The number of ether oxygens (including phenoxy) is 1. The average molecular weight is 355 g/mol. The van der Waals surface area contributed by atoms with E-state index in [-0.39, 0.29) is 0 Å². The first kappa shape index (κ1) is 17.6. The van der Waals surface area contributed by atoms with Gasteiger partial charge in [-0.3, -0.25) is 0 Å². The molecule has 130 valence electrons. The SMILES string of the molecule is CCCC(=N)Cc1c(COc2ccc(Cl)cc2)n(C)c2ccccc12. The first-order valence-corrected chi connectivity index (χ1v) is 8.97. The molecule has 1 aromatic heterocycles. The first-order valence-electron chi connectivity index (χ1n) is 8.60. The van der Waals surface area contributed by atoms with E-state index in [1.54, 1.807) is 0 Å². The van der Waals surface area contributed by atoms with Gasteiger partial charge in [-0.1, -0.05) is 43.1 Å². The molecule has 2 aromatic carbocycles. The van der Waals surface area contributed by atoms with E-state index in [0.717, 1.165) is 30.0 Å². The number of rotatable bonds is 7. The summed E-state index contributed by atoms with van der Waals surface area (Å²) in [7, 11) is 2.07.